The SMILES string of the molecule is Cc1cccc(CN(O)[C@@]2(O)[C@H](O)[C@@H](CO)O[C@]2(O)n2c(N)c(Cc3ccccc3F)cnc2=O)c1. The Morgan fingerprint density at radius 2 is 1.92 bits per heavy atom. The van der Waals surface area contributed by atoms with Gasteiger partial charge in [-0.05, 0) is 24.1 Å². The van der Waals surface area contributed by atoms with E-state index in [2.05, 4.69) is 4.98 Å². The standard InChI is InChI=1S/C24H27FN4O7/c1-14-5-4-6-15(9-14)12-28(35)23(33)20(31)19(13-30)36-24(23,34)29-21(26)17(11-27-22(29)32)10-16-7-2-3-8-18(16)25/h2-9,11,19-20,30-31,33-35H,10,12-13,26H2,1H3/t19-,20-,23-,24+/m1/s1. The summed E-state index contributed by atoms with van der Waals surface area (Å²) in [6.45, 7) is 0.496. The highest BCUT2D eigenvalue weighted by molar-refractivity contribution is 5.43. The number of anilines is 1. The molecule has 12 heteroatoms. The first-order chi connectivity index (χ1) is 17.0. The molecule has 2 heterocycles. The van der Waals surface area contributed by atoms with Crippen LogP contribution in [0.4, 0.5) is 10.2 Å². The van der Waals surface area contributed by atoms with Gasteiger partial charge in [-0.15, -0.1) is 5.06 Å². The molecule has 0 spiro atoms. The molecule has 7 N–H and O–H groups in total. The van der Waals surface area contributed by atoms with Gasteiger partial charge < -0.3 is 36.1 Å². The third-order valence-electron chi connectivity index (χ3n) is 6.28. The molecule has 0 amide bonds. The molecular formula is C24H27FN4O7. The van der Waals surface area contributed by atoms with Gasteiger partial charge in [0, 0.05) is 18.2 Å². The van der Waals surface area contributed by atoms with Crippen LogP contribution in [0.2, 0.25) is 0 Å². The lowest BCUT2D eigenvalue weighted by Crippen LogP contribution is -2.68. The van der Waals surface area contributed by atoms with Crippen molar-refractivity contribution in [1.82, 2.24) is 14.6 Å². The summed E-state index contributed by atoms with van der Waals surface area (Å²) in [5.41, 5.74) is 3.51. The average molecular weight is 502 g/mol. The molecule has 0 aliphatic carbocycles. The summed E-state index contributed by atoms with van der Waals surface area (Å²) >= 11 is 0. The molecule has 3 aromatic rings. The average Bonchev–Trinajstić information content (AvgIpc) is 3.04. The van der Waals surface area contributed by atoms with Crippen LogP contribution >= 0.6 is 0 Å². The third kappa shape index (κ3) is 4.18. The number of aryl methyl sites for hydroxylation is 1. The fourth-order valence-electron chi connectivity index (χ4n) is 4.37. The van der Waals surface area contributed by atoms with E-state index in [1.165, 1.54) is 18.2 Å². The largest absolute Gasteiger partial charge is 0.394 e. The van der Waals surface area contributed by atoms with E-state index < -0.39 is 54.3 Å². The van der Waals surface area contributed by atoms with Gasteiger partial charge >= 0.3 is 11.6 Å². The second kappa shape index (κ2) is 9.67. The van der Waals surface area contributed by atoms with Crippen LogP contribution in [0.1, 0.15) is 22.3 Å². The predicted octanol–water partition coefficient (Wildman–Crippen LogP) is -0.202. The molecule has 0 unspecified atom stereocenters. The number of hydrogen-bond donors (Lipinski definition) is 6. The minimum absolute atomic E-state index is 0.0872. The number of nitrogens with two attached hydrogens (primary N) is 1. The number of aliphatic hydroxyl groups is 4. The number of ether oxygens (including phenoxy) is 1. The van der Waals surface area contributed by atoms with E-state index >= 15 is 0 Å². The topological polar surface area (TPSA) is 175 Å². The number of nitrogens with zero attached hydrogens (tertiary/aromatic N) is 3. The Balaban J connectivity index is 1.82. The number of benzene rings is 2. The molecule has 36 heavy (non-hydrogen) atoms. The Kier molecular flexibility index (Phi) is 6.94. The minimum Gasteiger partial charge on any atom is -0.394 e. The second-order valence-electron chi connectivity index (χ2n) is 8.72. The quantitative estimate of drug-likeness (QED) is 0.187. The first-order valence-corrected chi connectivity index (χ1v) is 11.1. The van der Waals surface area contributed by atoms with Crippen molar-refractivity contribution in [3.8, 4) is 0 Å². The Hall–Kier alpha value is -3.23. The van der Waals surface area contributed by atoms with E-state index in [-0.39, 0.29) is 22.6 Å². The van der Waals surface area contributed by atoms with Crippen molar-refractivity contribution in [3.05, 3.63) is 93.3 Å². The smallest absolute Gasteiger partial charge is 0.353 e. The third-order valence-corrected chi connectivity index (χ3v) is 6.28. The lowest BCUT2D eigenvalue weighted by molar-refractivity contribution is -0.413. The van der Waals surface area contributed by atoms with E-state index in [9.17, 15) is 34.8 Å². The minimum atomic E-state index is -3.21. The fraction of sp³-hybridized carbons (Fsp3) is 0.333. The van der Waals surface area contributed by atoms with Gasteiger partial charge in [0.15, 0.2) is 0 Å². The number of hydrogen-bond acceptors (Lipinski definition) is 10. The highest BCUT2D eigenvalue weighted by atomic mass is 19.1. The summed E-state index contributed by atoms with van der Waals surface area (Å²) in [4.78, 5) is 16.5. The number of hydroxylamine groups is 2. The summed E-state index contributed by atoms with van der Waals surface area (Å²) in [6.07, 6.45) is -2.79. The number of halogens is 1. The van der Waals surface area contributed by atoms with Crippen molar-refractivity contribution in [2.75, 3.05) is 12.3 Å². The van der Waals surface area contributed by atoms with Crippen molar-refractivity contribution in [2.45, 2.75) is 43.7 Å². The van der Waals surface area contributed by atoms with Crippen LogP contribution in [0.15, 0.2) is 59.5 Å². The predicted molar refractivity (Wildman–Crippen MR) is 124 cm³/mol. The molecule has 1 fully saturated rings. The Morgan fingerprint density at radius 1 is 1.19 bits per heavy atom. The Labute approximate surface area is 205 Å². The number of aliphatic hydroxyl groups excluding tert-OH is 2. The van der Waals surface area contributed by atoms with Gasteiger partial charge in [-0.2, -0.15) is 0 Å². The van der Waals surface area contributed by atoms with Crippen molar-refractivity contribution < 1.29 is 34.8 Å². The number of aromatic nitrogens is 2. The molecular weight excluding hydrogens is 475 g/mol. The van der Waals surface area contributed by atoms with Crippen molar-refractivity contribution in [1.29, 1.82) is 0 Å². The highest BCUT2D eigenvalue weighted by Gasteiger charge is 2.70. The van der Waals surface area contributed by atoms with Crippen molar-refractivity contribution in [2.24, 2.45) is 0 Å². The van der Waals surface area contributed by atoms with Crippen LogP contribution in [-0.4, -0.2) is 64.8 Å². The van der Waals surface area contributed by atoms with E-state index in [1.807, 2.05) is 0 Å². The maximum Gasteiger partial charge on any atom is 0.353 e. The monoisotopic (exact) mass is 502 g/mol. The molecule has 0 radical (unpaired) electrons. The molecule has 1 saturated heterocycles. The zero-order chi connectivity index (χ0) is 26.3. The summed E-state index contributed by atoms with van der Waals surface area (Å²) in [5, 5.41) is 54.8. The van der Waals surface area contributed by atoms with Gasteiger partial charge in [0.25, 0.3) is 0 Å². The van der Waals surface area contributed by atoms with E-state index in [1.54, 1.807) is 37.3 Å². The van der Waals surface area contributed by atoms with Crippen LogP contribution in [-0.2, 0) is 23.6 Å². The molecule has 2 aromatic carbocycles. The first-order valence-electron chi connectivity index (χ1n) is 11.1. The number of nitrogen functional groups attached to an aromatic ring is 1. The van der Waals surface area contributed by atoms with E-state index in [0.717, 1.165) is 11.8 Å². The molecule has 11 nitrogen and oxygen atoms in total. The fourth-order valence-corrected chi connectivity index (χ4v) is 4.37. The molecule has 1 aliphatic rings. The van der Waals surface area contributed by atoms with Crippen LogP contribution in [0.5, 0.6) is 0 Å². The lowest BCUT2D eigenvalue weighted by Gasteiger charge is -2.42. The molecule has 1 aliphatic heterocycles. The molecule has 192 valence electrons. The summed E-state index contributed by atoms with van der Waals surface area (Å²) in [6, 6.07) is 12.6. The van der Waals surface area contributed by atoms with Crippen molar-refractivity contribution in [3.63, 3.8) is 0 Å². The summed E-state index contributed by atoms with van der Waals surface area (Å²) in [5.74, 6) is -4.22. The van der Waals surface area contributed by atoms with Crippen LogP contribution in [0, 0.1) is 12.7 Å². The molecule has 4 atom stereocenters. The van der Waals surface area contributed by atoms with Gasteiger partial charge in [0.2, 0.25) is 5.72 Å². The molecule has 0 bridgehead atoms. The Morgan fingerprint density at radius 3 is 2.58 bits per heavy atom. The zero-order valence-corrected chi connectivity index (χ0v) is 19.3. The van der Waals surface area contributed by atoms with Gasteiger partial charge in [-0.25, -0.2) is 18.7 Å². The van der Waals surface area contributed by atoms with Crippen LogP contribution in [0.25, 0.3) is 0 Å². The summed E-state index contributed by atoms with van der Waals surface area (Å²) < 4.78 is 20.0. The van der Waals surface area contributed by atoms with E-state index in [4.69, 9.17) is 10.5 Å². The number of rotatable bonds is 7. The highest BCUT2D eigenvalue weighted by Crippen LogP contribution is 2.44. The summed E-state index contributed by atoms with van der Waals surface area (Å²) in [7, 11) is 0. The maximum atomic E-state index is 14.2. The van der Waals surface area contributed by atoms with Gasteiger partial charge in [-0.3, -0.25) is 0 Å². The second-order valence-corrected chi connectivity index (χ2v) is 8.72. The Bertz CT molecular complexity index is 1320. The molecule has 0 saturated carbocycles. The van der Waals surface area contributed by atoms with Crippen LogP contribution in [0.3, 0.4) is 0 Å². The molecule has 4 rings (SSSR count). The lowest BCUT2D eigenvalue weighted by atomic mass is 9.99. The maximum absolute atomic E-state index is 14.2. The van der Waals surface area contributed by atoms with E-state index in [0.29, 0.717) is 10.1 Å². The molecule has 1 aromatic heterocycles. The first kappa shape index (κ1) is 25.9. The van der Waals surface area contributed by atoms with Gasteiger partial charge in [0.1, 0.15) is 23.8 Å². The zero-order valence-electron chi connectivity index (χ0n) is 19.3. The van der Waals surface area contributed by atoms with Gasteiger partial charge in [-0.1, -0.05) is 48.0 Å². The van der Waals surface area contributed by atoms with Crippen molar-refractivity contribution >= 4 is 5.82 Å². The van der Waals surface area contributed by atoms with Crippen LogP contribution < -0.4 is 11.4 Å². The normalized spacial score (nSPS) is 26.0. The van der Waals surface area contributed by atoms with Gasteiger partial charge in [0.05, 0.1) is 13.2 Å².